The highest BCUT2D eigenvalue weighted by Gasteiger charge is 2.25. The van der Waals surface area contributed by atoms with Crippen molar-refractivity contribution < 1.29 is 14.3 Å². The minimum atomic E-state index is -0.221. The number of rotatable bonds is 3. The summed E-state index contributed by atoms with van der Waals surface area (Å²) in [5.41, 5.74) is 2.23. The van der Waals surface area contributed by atoms with Crippen LogP contribution in [0.15, 0.2) is 41.3 Å². The second kappa shape index (κ2) is 8.36. The van der Waals surface area contributed by atoms with Gasteiger partial charge in [0.15, 0.2) is 0 Å². The summed E-state index contributed by atoms with van der Waals surface area (Å²) in [6, 6.07) is 10.6. The van der Waals surface area contributed by atoms with Crippen molar-refractivity contribution in [2.45, 2.75) is 6.42 Å². The van der Waals surface area contributed by atoms with Crippen molar-refractivity contribution in [3.8, 4) is 5.75 Å². The van der Waals surface area contributed by atoms with Crippen LogP contribution in [0.1, 0.15) is 11.1 Å². The van der Waals surface area contributed by atoms with Crippen LogP contribution in [-0.4, -0.2) is 29.3 Å². The van der Waals surface area contributed by atoms with Crippen molar-refractivity contribution >= 4 is 75.1 Å². The molecule has 2 heterocycles. The number of hydrogen-bond donors (Lipinski definition) is 1. The van der Waals surface area contributed by atoms with E-state index in [1.165, 1.54) is 11.8 Å². The number of nitrogens with one attached hydrogen (secondary N) is 1. The summed E-state index contributed by atoms with van der Waals surface area (Å²) in [5, 5.41) is 3.45. The number of ether oxygens (including phenoxy) is 1. The number of halogens is 2. The summed E-state index contributed by atoms with van der Waals surface area (Å²) in [4.78, 5) is 27.1. The van der Waals surface area contributed by atoms with Crippen LogP contribution in [0.2, 0.25) is 10.0 Å². The monoisotopic (exact) mass is 464 g/mol. The minimum Gasteiger partial charge on any atom is -0.490 e. The highest BCUT2D eigenvalue weighted by atomic mass is 35.5. The van der Waals surface area contributed by atoms with Gasteiger partial charge in [-0.25, -0.2) is 0 Å². The standard InChI is InChI=1S/C20H14Cl2N2O3S2/c21-13-3-1-11(7-14(13)22)10-18(25)24-5-6-27-16-4-2-12(8-15(16)24)9-17-19(26)23-20(28)29-17/h1-4,7-9H,5-6,10H2,(H,23,26,28)/b17-9-. The molecule has 2 aromatic rings. The molecule has 0 spiro atoms. The third-order valence-electron chi connectivity index (χ3n) is 4.43. The Bertz CT molecular complexity index is 1070. The van der Waals surface area contributed by atoms with Crippen LogP contribution in [-0.2, 0) is 16.0 Å². The van der Waals surface area contributed by atoms with Crippen LogP contribution in [0.3, 0.4) is 0 Å². The number of hydrogen-bond acceptors (Lipinski definition) is 5. The second-order valence-corrected chi connectivity index (χ2v) is 8.93. The molecule has 1 fully saturated rings. The second-order valence-electron chi connectivity index (χ2n) is 6.40. The van der Waals surface area contributed by atoms with Crippen LogP contribution >= 0.6 is 47.2 Å². The number of anilines is 1. The van der Waals surface area contributed by atoms with Crippen molar-refractivity contribution in [1.29, 1.82) is 0 Å². The van der Waals surface area contributed by atoms with E-state index in [9.17, 15) is 9.59 Å². The van der Waals surface area contributed by atoms with Gasteiger partial charge in [0.2, 0.25) is 5.91 Å². The molecule has 2 aliphatic rings. The van der Waals surface area contributed by atoms with E-state index in [1.54, 1.807) is 35.2 Å². The molecular formula is C20H14Cl2N2O3S2. The van der Waals surface area contributed by atoms with E-state index in [1.807, 2.05) is 12.1 Å². The average Bonchev–Trinajstić information content (AvgIpc) is 3.01. The SMILES string of the molecule is O=C1NC(=S)S/C1=C\c1ccc2c(c1)N(C(=O)Cc1ccc(Cl)c(Cl)c1)CCO2. The number of thioether (sulfide) groups is 1. The van der Waals surface area contributed by atoms with Gasteiger partial charge < -0.3 is 15.0 Å². The normalized spacial score (nSPS) is 17.2. The zero-order chi connectivity index (χ0) is 20.5. The molecule has 2 amide bonds. The van der Waals surface area contributed by atoms with Crippen LogP contribution in [0.5, 0.6) is 5.75 Å². The van der Waals surface area contributed by atoms with E-state index in [2.05, 4.69) is 5.32 Å². The lowest BCUT2D eigenvalue weighted by molar-refractivity contribution is -0.118. The van der Waals surface area contributed by atoms with Gasteiger partial charge in [-0.2, -0.15) is 0 Å². The molecule has 9 heteroatoms. The van der Waals surface area contributed by atoms with Crippen molar-refractivity contribution in [3.05, 3.63) is 62.5 Å². The summed E-state index contributed by atoms with van der Waals surface area (Å²) in [7, 11) is 0. The lowest BCUT2D eigenvalue weighted by Gasteiger charge is -2.30. The zero-order valence-electron chi connectivity index (χ0n) is 14.9. The largest absolute Gasteiger partial charge is 0.490 e. The van der Waals surface area contributed by atoms with E-state index >= 15 is 0 Å². The minimum absolute atomic E-state index is 0.0769. The maximum atomic E-state index is 13.0. The fraction of sp³-hybridized carbons (Fsp3) is 0.150. The van der Waals surface area contributed by atoms with Gasteiger partial charge in [0.25, 0.3) is 5.91 Å². The molecule has 0 radical (unpaired) electrons. The van der Waals surface area contributed by atoms with E-state index in [0.29, 0.717) is 43.9 Å². The Morgan fingerprint density at radius 1 is 1.24 bits per heavy atom. The number of benzene rings is 2. The van der Waals surface area contributed by atoms with Crippen molar-refractivity contribution in [3.63, 3.8) is 0 Å². The molecule has 0 bridgehead atoms. The fourth-order valence-electron chi connectivity index (χ4n) is 3.08. The maximum Gasteiger partial charge on any atom is 0.263 e. The van der Waals surface area contributed by atoms with Crippen LogP contribution < -0.4 is 15.0 Å². The Kier molecular flexibility index (Phi) is 5.83. The molecule has 5 nitrogen and oxygen atoms in total. The van der Waals surface area contributed by atoms with Crippen LogP contribution in [0.4, 0.5) is 5.69 Å². The Balaban J connectivity index is 1.60. The van der Waals surface area contributed by atoms with Gasteiger partial charge in [-0.1, -0.05) is 59.3 Å². The van der Waals surface area contributed by atoms with Gasteiger partial charge >= 0.3 is 0 Å². The zero-order valence-corrected chi connectivity index (χ0v) is 18.1. The summed E-state index contributed by atoms with van der Waals surface area (Å²) in [5.74, 6) is 0.327. The Morgan fingerprint density at radius 3 is 2.79 bits per heavy atom. The van der Waals surface area contributed by atoms with E-state index in [4.69, 9.17) is 40.2 Å². The number of amides is 2. The van der Waals surface area contributed by atoms with Gasteiger partial charge in [-0.15, -0.1) is 0 Å². The lowest BCUT2D eigenvalue weighted by Crippen LogP contribution is -2.38. The molecule has 0 aliphatic carbocycles. The van der Waals surface area contributed by atoms with Crippen molar-refractivity contribution in [2.24, 2.45) is 0 Å². The summed E-state index contributed by atoms with van der Waals surface area (Å²) < 4.78 is 6.13. The smallest absolute Gasteiger partial charge is 0.263 e. The van der Waals surface area contributed by atoms with Crippen LogP contribution in [0.25, 0.3) is 6.08 Å². The first-order valence-electron chi connectivity index (χ1n) is 8.67. The first-order chi connectivity index (χ1) is 13.9. The Labute approximate surface area is 187 Å². The average molecular weight is 465 g/mol. The molecule has 0 unspecified atom stereocenters. The number of thiocarbonyl (C=S) groups is 1. The number of carbonyl (C=O) groups excluding carboxylic acids is 2. The number of fused-ring (bicyclic) bond motifs is 1. The van der Waals surface area contributed by atoms with Gasteiger partial charge in [-0.05, 0) is 41.5 Å². The highest BCUT2D eigenvalue weighted by Crippen LogP contribution is 2.35. The van der Waals surface area contributed by atoms with Crippen molar-refractivity contribution in [1.82, 2.24) is 5.32 Å². The molecule has 2 aromatic carbocycles. The quantitative estimate of drug-likeness (QED) is 0.536. The molecule has 0 atom stereocenters. The van der Waals surface area contributed by atoms with Gasteiger partial charge in [-0.3, -0.25) is 9.59 Å². The Morgan fingerprint density at radius 2 is 2.07 bits per heavy atom. The van der Waals surface area contributed by atoms with E-state index in [0.717, 1.165) is 11.1 Å². The third-order valence-corrected chi connectivity index (χ3v) is 6.33. The topological polar surface area (TPSA) is 58.6 Å². The van der Waals surface area contributed by atoms with Gasteiger partial charge in [0, 0.05) is 0 Å². The first-order valence-corrected chi connectivity index (χ1v) is 10.6. The first kappa shape index (κ1) is 20.2. The molecule has 1 N–H and O–H groups in total. The predicted molar refractivity (Wildman–Crippen MR) is 121 cm³/mol. The number of nitrogens with zero attached hydrogens (tertiary/aromatic N) is 1. The van der Waals surface area contributed by atoms with Crippen LogP contribution in [0, 0.1) is 0 Å². The molecule has 4 rings (SSSR count). The molecule has 1 saturated heterocycles. The molecule has 0 saturated carbocycles. The van der Waals surface area contributed by atoms with Gasteiger partial charge in [0.05, 0.1) is 33.6 Å². The fourth-order valence-corrected chi connectivity index (χ4v) is 4.44. The number of carbonyl (C=O) groups is 2. The third kappa shape index (κ3) is 4.43. The molecule has 0 aromatic heterocycles. The highest BCUT2D eigenvalue weighted by molar-refractivity contribution is 8.26. The summed E-state index contributed by atoms with van der Waals surface area (Å²) in [6.07, 6.45) is 1.93. The van der Waals surface area contributed by atoms with Gasteiger partial charge in [0.1, 0.15) is 16.7 Å². The lowest BCUT2D eigenvalue weighted by atomic mass is 10.1. The summed E-state index contributed by atoms with van der Waals surface area (Å²) in [6.45, 7) is 0.847. The summed E-state index contributed by atoms with van der Waals surface area (Å²) >= 11 is 18.2. The van der Waals surface area contributed by atoms with E-state index < -0.39 is 0 Å². The van der Waals surface area contributed by atoms with E-state index in [-0.39, 0.29) is 18.2 Å². The molecule has 2 aliphatic heterocycles. The molecule has 29 heavy (non-hydrogen) atoms. The Hall–Kier alpha value is -2.06. The molecular weight excluding hydrogens is 451 g/mol. The molecule has 148 valence electrons. The predicted octanol–water partition coefficient (Wildman–Crippen LogP) is 4.45. The maximum absolute atomic E-state index is 13.0. The van der Waals surface area contributed by atoms with Crippen molar-refractivity contribution in [2.75, 3.05) is 18.1 Å².